The third kappa shape index (κ3) is 2.81. The number of benzene rings is 1. The number of phenolic OH excluding ortho intramolecular Hbond substituents is 1. The molecular weight excluding hydrogens is 340 g/mol. The molecule has 20 heavy (non-hydrogen) atoms. The molecule has 0 aliphatic rings. The Balaban J connectivity index is 2.64. The second-order valence-electron chi connectivity index (χ2n) is 5.15. The van der Waals surface area contributed by atoms with Crippen LogP contribution in [-0.4, -0.2) is 15.1 Å². The monoisotopic (exact) mass is 354 g/mol. The Morgan fingerprint density at radius 3 is 2.20 bits per heavy atom. The number of phenols is 1. The molecule has 2 rings (SSSR count). The summed E-state index contributed by atoms with van der Waals surface area (Å²) in [5.41, 5.74) is 3.33. The van der Waals surface area contributed by atoms with Crippen LogP contribution in [0.2, 0.25) is 5.15 Å². The Hall–Kier alpha value is -1.13. The van der Waals surface area contributed by atoms with Crippen molar-refractivity contribution in [2.75, 3.05) is 0 Å². The second kappa shape index (κ2) is 5.70. The summed E-state index contributed by atoms with van der Waals surface area (Å²) in [6, 6.07) is 3.73. The fraction of sp³-hybridized carbons (Fsp3) is 0.333. The van der Waals surface area contributed by atoms with E-state index in [0.29, 0.717) is 16.7 Å². The van der Waals surface area contributed by atoms with Crippen LogP contribution in [0.1, 0.15) is 36.6 Å². The number of hydrogen-bond donors (Lipinski definition) is 1. The van der Waals surface area contributed by atoms with Gasteiger partial charge in [-0.05, 0) is 59.0 Å². The van der Waals surface area contributed by atoms with Crippen LogP contribution in [0, 0.1) is 13.8 Å². The molecule has 0 saturated carbocycles. The Morgan fingerprint density at radius 1 is 1.15 bits per heavy atom. The third-order valence-corrected chi connectivity index (χ3v) is 4.42. The Bertz CT molecular complexity index is 648. The maximum atomic E-state index is 9.84. The van der Waals surface area contributed by atoms with E-state index in [1.807, 2.05) is 26.0 Å². The fourth-order valence-electron chi connectivity index (χ4n) is 2.03. The Morgan fingerprint density at radius 2 is 1.70 bits per heavy atom. The second-order valence-corrected chi connectivity index (χ2v) is 6.30. The van der Waals surface area contributed by atoms with Crippen molar-refractivity contribution in [3.05, 3.63) is 38.6 Å². The Labute approximate surface area is 132 Å². The summed E-state index contributed by atoms with van der Waals surface area (Å²) in [4.78, 5) is 8.91. The van der Waals surface area contributed by atoms with E-state index in [2.05, 4.69) is 39.7 Å². The van der Waals surface area contributed by atoms with Gasteiger partial charge in [0.2, 0.25) is 0 Å². The minimum atomic E-state index is 0.239. The highest BCUT2D eigenvalue weighted by atomic mass is 79.9. The molecule has 1 aromatic heterocycles. The lowest BCUT2D eigenvalue weighted by atomic mass is 10.0. The largest absolute Gasteiger partial charge is 0.507 e. The smallest absolute Gasteiger partial charge is 0.161 e. The standard InChI is InChI=1S/C15H16BrClN2O/c1-7(2)12-11(16)14(17)19-15(18-12)10-5-8(3)13(20)9(4)6-10/h5-7,20H,1-4H3. The number of aromatic nitrogens is 2. The molecule has 106 valence electrons. The highest BCUT2D eigenvalue weighted by Gasteiger charge is 2.15. The van der Waals surface area contributed by atoms with Crippen LogP contribution in [0.25, 0.3) is 11.4 Å². The maximum Gasteiger partial charge on any atom is 0.161 e. The van der Waals surface area contributed by atoms with Crippen molar-refractivity contribution in [3.63, 3.8) is 0 Å². The first kappa shape index (κ1) is 15.3. The molecule has 0 aliphatic heterocycles. The van der Waals surface area contributed by atoms with Crippen LogP contribution >= 0.6 is 27.5 Å². The maximum absolute atomic E-state index is 9.84. The number of halogens is 2. The third-order valence-electron chi connectivity index (χ3n) is 3.13. The van der Waals surface area contributed by atoms with E-state index in [1.165, 1.54) is 0 Å². The summed E-state index contributed by atoms with van der Waals surface area (Å²) in [6.45, 7) is 7.83. The van der Waals surface area contributed by atoms with Gasteiger partial charge in [0, 0.05) is 5.56 Å². The van der Waals surface area contributed by atoms with Crippen molar-refractivity contribution in [2.24, 2.45) is 0 Å². The van der Waals surface area contributed by atoms with E-state index in [-0.39, 0.29) is 5.92 Å². The highest BCUT2D eigenvalue weighted by molar-refractivity contribution is 9.10. The van der Waals surface area contributed by atoms with Gasteiger partial charge in [0.15, 0.2) is 5.82 Å². The SMILES string of the molecule is Cc1cc(-c2nc(Cl)c(Br)c(C(C)C)n2)cc(C)c1O. The molecule has 0 unspecified atom stereocenters. The predicted octanol–water partition coefficient (Wildman–Crippen LogP) is 5.01. The van der Waals surface area contributed by atoms with Gasteiger partial charge in [-0.2, -0.15) is 0 Å². The first-order valence-electron chi connectivity index (χ1n) is 6.34. The van der Waals surface area contributed by atoms with E-state index >= 15 is 0 Å². The van der Waals surface area contributed by atoms with Crippen LogP contribution in [0.4, 0.5) is 0 Å². The molecule has 5 heteroatoms. The molecule has 0 fully saturated rings. The van der Waals surface area contributed by atoms with Crippen LogP contribution in [0.5, 0.6) is 5.75 Å². The zero-order valence-corrected chi connectivity index (χ0v) is 14.2. The van der Waals surface area contributed by atoms with Crippen molar-refractivity contribution >= 4 is 27.5 Å². The molecule has 3 nitrogen and oxygen atoms in total. The molecule has 0 atom stereocenters. The van der Waals surface area contributed by atoms with Gasteiger partial charge in [-0.15, -0.1) is 0 Å². The van der Waals surface area contributed by atoms with E-state index in [1.54, 1.807) is 0 Å². The summed E-state index contributed by atoms with van der Waals surface area (Å²) in [5, 5.41) is 10.2. The summed E-state index contributed by atoms with van der Waals surface area (Å²) in [6.07, 6.45) is 0. The van der Waals surface area contributed by atoms with Crippen LogP contribution in [0.15, 0.2) is 16.6 Å². The minimum Gasteiger partial charge on any atom is -0.507 e. The van der Waals surface area contributed by atoms with Crippen LogP contribution in [0.3, 0.4) is 0 Å². The molecule has 2 aromatic rings. The normalized spacial score (nSPS) is 11.2. The van der Waals surface area contributed by atoms with Gasteiger partial charge >= 0.3 is 0 Å². The number of aromatic hydroxyl groups is 1. The first-order chi connectivity index (χ1) is 9.31. The first-order valence-corrected chi connectivity index (χ1v) is 7.52. The van der Waals surface area contributed by atoms with Crippen molar-refractivity contribution in [1.29, 1.82) is 0 Å². The summed E-state index contributed by atoms with van der Waals surface area (Å²) in [7, 11) is 0. The van der Waals surface area contributed by atoms with Crippen LogP contribution < -0.4 is 0 Å². The van der Waals surface area contributed by atoms with Gasteiger partial charge in [-0.1, -0.05) is 25.4 Å². The molecule has 1 heterocycles. The van der Waals surface area contributed by atoms with E-state index in [0.717, 1.165) is 26.9 Å². The van der Waals surface area contributed by atoms with Gasteiger partial charge in [-0.25, -0.2) is 9.97 Å². The molecule has 0 saturated heterocycles. The molecule has 1 aromatic carbocycles. The van der Waals surface area contributed by atoms with E-state index in [9.17, 15) is 5.11 Å². The van der Waals surface area contributed by atoms with Crippen molar-refractivity contribution < 1.29 is 5.11 Å². The summed E-state index contributed by atoms with van der Waals surface area (Å²) in [5.74, 6) is 1.12. The summed E-state index contributed by atoms with van der Waals surface area (Å²) >= 11 is 9.61. The predicted molar refractivity (Wildman–Crippen MR) is 85.4 cm³/mol. The fourth-order valence-corrected chi connectivity index (χ4v) is 2.84. The molecule has 0 aliphatic carbocycles. The quantitative estimate of drug-likeness (QED) is 0.771. The zero-order chi connectivity index (χ0) is 15.0. The molecule has 0 bridgehead atoms. The van der Waals surface area contributed by atoms with Gasteiger partial charge in [0.25, 0.3) is 0 Å². The van der Waals surface area contributed by atoms with Gasteiger partial charge < -0.3 is 5.11 Å². The molecular formula is C15H16BrClN2O. The Kier molecular flexibility index (Phi) is 4.35. The molecule has 1 N–H and O–H groups in total. The average Bonchev–Trinajstić information content (AvgIpc) is 2.38. The minimum absolute atomic E-state index is 0.239. The molecule has 0 amide bonds. The van der Waals surface area contributed by atoms with Crippen molar-refractivity contribution in [1.82, 2.24) is 9.97 Å². The summed E-state index contributed by atoms with van der Waals surface area (Å²) < 4.78 is 0.741. The average molecular weight is 356 g/mol. The van der Waals surface area contributed by atoms with Gasteiger partial charge in [-0.3, -0.25) is 0 Å². The van der Waals surface area contributed by atoms with E-state index in [4.69, 9.17) is 11.6 Å². The van der Waals surface area contributed by atoms with Crippen molar-refractivity contribution in [3.8, 4) is 17.1 Å². The zero-order valence-electron chi connectivity index (χ0n) is 11.8. The lowest BCUT2D eigenvalue weighted by Gasteiger charge is -2.12. The number of hydrogen-bond acceptors (Lipinski definition) is 3. The van der Waals surface area contributed by atoms with Crippen molar-refractivity contribution in [2.45, 2.75) is 33.6 Å². The van der Waals surface area contributed by atoms with E-state index < -0.39 is 0 Å². The van der Waals surface area contributed by atoms with Gasteiger partial charge in [0.1, 0.15) is 10.9 Å². The molecule has 0 radical (unpaired) electrons. The molecule has 0 spiro atoms. The number of rotatable bonds is 2. The topological polar surface area (TPSA) is 46.0 Å². The highest BCUT2D eigenvalue weighted by Crippen LogP contribution is 2.33. The van der Waals surface area contributed by atoms with Gasteiger partial charge in [0.05, 0.1) is 10.2 Å². The van der Waals surface area contributed by atoms with Crippen LogP contribution in [-0.2, 0) is 0 Å². The number of aryl methyl sites for hydroxylation is 2. The lowest BCUT2D eigenvalue weighted by Crippen LogP contribution is -2.01. The lowest BCUT2D eigenvalue weighted by molar-refractivity contribution is 0.467. The number of nitrogens with zero attached hydrogens (tertiary/aromatic N) is 2.